The van der Waals surface area contributed by atoms with Gasteiger partial charge in [-0.05, 0) is 215 Å². The molecule has 0 spiro atoms. The SMILES string of the molecule is CC1CCC(N=NC2CCC3C(=O)N(C4CCC(N5C(=O)C6CCC(N=NC7CCC8C(=O)N9C(=NC%10CC(C%11CCC%12N=C%13C%14CCC(N=NC%15CCC(C)C(C)C%15)CC%14C(=O)N%13C%12C%11)CCC%109)C8C7)CC6C5=O)CC4)C(=O)C3C2)CC1C. The van der Waals surface area contributed by atoms with Crippen molar-refractivity contribution in [3.8, 4) is 0 Å². The van der Waals surface area contributed by atoms with Crippen LogP contribution in [0.5, 0.6) is 0 Å². The molecule has 84 heavy (non-hydrogen) atoms. The maximum atomic E-state index is 14.4. The van der Waals surface area contributed by atoms with Gasteiger partial charge in [0.05, 0.1) is 90.0 Å². The van der Waals surface area contributed by atoms with Crippen LogP contribution in [0.15, 0.2) is 40.7 Å². The van der Waals surface area contributed by atoms with Crippen LogP contribution < -0.4 is 0 Å². The first-order valence-electron chi connectivity index (χ1n) is 34.5. The standard InChI is InChI=1S/C66H94N12O6/c1-33-5-9-39(25-35(33)3)69-72-42-11-19-47-52(30-42)66(84)78-58-28-38(7-23-55(58)67-59(47)78)37-8-24-57-56(27-37)68-60-51-29-41(12-20-48(51)63(81)77(57)60)71-74-44-14-22-50-54(32-44)65(83)76(62(50)80)46-17-15-45(16-18-46)75-61(79)49-21-13-43(31-53(49)64(75)82)73-70-40-10-6-34(2)36(4)26-40/h33-58H,5-32H2,1-4H3. The molecule has 13 fully saturated rings. The summed E-state index contributed by atoms with van der Waals surface area (Å²) in [7, 11) is 0. The van der Waals surface area contributed by atoms with Crippen molar-refractivity contribution in [2.24, 2.45) is 124 Å². The van der Waals surface area contributed by atoms with Crippen LogP contribution in [-0.2, 0) is 28.8 Å². The third kappa shape index (κ3) is 9.64. The summed E-state index contributed by atoms with van der Waals surface area (Å²) in [4.78, 5) is 103. The number of fused-ring (bicyclic) bond motifs is 12. The first-order chi connectivity index (χ1) is 40.7. The van der Waals surface area contributed by atoms with Crippen LogP contribution in [0.1, 0.15) is 207 Å². The molecule has 0 aromatic carbocycles. The van der Waals surface area contributed by atoms with Crippen LogP contribution >= 0.6 is 0 Å². The van der Waals surface area contributed by atoms with Gasteiger partial charge in [-0.1, -0.05) is 27.7 Å². The van der Waals surface area contributed by atoms with Crippen molar-refractivity contribution in [2.75, 3.05) is 0 Å². The molecule has 0 aromatic heterocycles. The molecule has 24 unspecified atom stereocenters. The van der Waals surface area contributed by atoms with Crippen molar-refractivity contribution in [2.45, 2.75) is 280 Å². The Labute approximate surface area is 497 Å². The summed E-state index contributed by atoms with van der Waals surface area (Å²) in [5.74, 6) is 5.16. The van der Waals surface area contributed by atoms with E-state index in [1.807, 2.05) is 0 Å². The summed E-state index contributed by atoms with van der Waals surface area (Å²) in [5.41, 5.74) is 0. The highest BCUT2D eigenvalue weighted by molar-refractivity contribution is 6.10. The third-order valence-corrected chi connectivity index (χ3v) is 26.1. The van der Waals surface area contributed by atoms with Crippen LogP contribution in [0.3, 0.4) is 0 Å². The van der Waals surface area contributed by atoms with E-state index in [1.54, 1.807) is 9.80 Å². The van der Waals surface area contributed by atoms with E-state index in [1.165, 1.54) is 12.8 Å². The number of amides is 6. The minimum atomic E-state index is -0.397. The van der Waals surface area contributed by atoms with Crippen molar-refractivity contribution in [3.63, 3.8) is 0 Å². The molecule has 6 heterocycles. The molecule has 0 aromatic rings. The number of amidine groups is 2. The monoisotopic (exact) mass is 1150 g/mol. The Morgan fingerprint density at radius 3 is 1.15 bits per heavy atom. The molecule has 15 rings (SSSR count). The lowest BCUT2D eigenvalue weighted by Crippen LogP contribution is -2.48. The first-order valence-corrected chi connectivity index (χ1v) is 34.5. The van der Waals surface area contributed by atoms with Gasteiger partial charge >= 0.3 is 0 Å². The number of imide groups is 2. The van der Waals surface area contributed by atoms with E-state index in [2.05, 4.69) is 37.5 Å². The Morgan fingerprint density at radius 1 is 0.286 bits per heavy atom. The topological polar surface area (TPSA) is 214 Å². The maximum Gasteiger partial charge on any atom is 0.233 e. The van der Waals surface area contributed by atoms with E-state index in [4.69, 9.17) is 40.7 Å². The Morgan fingerprint density at radius 2 is 0.643 bits per heavy atom. The highest BCUT2D eigenvalue weighted by Gasteiger charge is 2.60. The molecule has 6 amide bonds. The minimum Gasteiger partial charge on any atom is -0.295 e. The number of hydrogen-bond donors (Lipinski definition) is 0. The number of likely N-dealkylation sites (tertiary alicyclic amines) is 2. The molecule has 18 heteroatoms. The van der Waals surface area contributed by atoms with Gasteiger partial charge < -0.3 is 0 Å². The highest BCUT2D eigenvalue weighted by Crippen LogP contribution is 2.53. The van der Waals surface area contributed by atoms with Crippen molar-refractivity contribution in [3.05, 3.63) is 0 Å². The predicted octanol–water partition coefficient (Wildman–Crippen LogP) is 10.8. The minimum absolute atomic E-state index is 0.0115. The summed E-state index contributed by atoms with van der Waals surface area (Å²) in [6, 6.07) is 0.808. The van der Waals surface area contributed by atoms with Gasteiger partial charge in [0, 0.05) is 29.8 Å². The molecule has 9 aliphatic carbocycles. The molecule has 0 bridgehead atoms. The second kappa shape index (κ2) is 22.2. The van der Waals surface area contributed by atoms with Gasteiger partial charge in [0.2, 0.25) is 35.4 Å². The summed E-state index contributed by atoms with van der Waals surface area (Å²) < 4.78 is 0. The van der Waals surface area contributed by atoms with Crippen molar-refractivity contribution < 1.29 is 28.8 Å². The highest BCUT2D eigenvalue weighted by atomic mass is 16.2. The molecule has 24 atom stereocenters. The Balaban J connectivity index is 0.525. The van der Waals surface area contributed by atoms with E-state index in [9.17, 15) is 28.8 Å². The molecule has 0 radical (unpaired) electrons. The predicted molar refractivity (Wildman–Crippen MR) is 313 cm³/mol. The van der Waals surface area contributed by atoms with Crippen molar-refractivity contribution >= 4 is 47.1 Å². The van der Waals surface area contributed by atoms with Crippen molar-refractivity contribution in [1.29, 1.82) is 0 Å². The van der Waals surface area contributed by atoms with E-state index in [-0.39, 0.29) is 137 Å². The summed E-state index contributed by atoms with van der Waals surface area (Å²) in [5, 5.41) is 29.2. The van der Waals surface area contributed by atoms with E-state index in [0.29, 0.717) is 93.4 Å². The quantitative estimate of drug-likeness (QED) is 0.162. The zero-order valence-electron chi connectivity index (χ0n) is 50.6. The fraction of sp³-hybridized carbons (Fsp3) is 0.879. The Bertz CT molecular complexity index is 2810. The molecular weight excluding hydrogens is 1060 g/mol. The number of azo groups is 3. The molecule has 6 aliphatic heterocycles. The van der Waals surface area contributed by atoms with Crippen molar-refractivity contribution in [1.82, 2.24) is 19.6 Å². The largest absolute Gasteiger partial charge is 0.295 e. The van der Waals surface area contributed by atoms with Crippen LogP contribution in [-0.4, -0.2) is 139 Å². The van der Waals surface area contributed by atoms with Gasteiger partial charge in [-0.15, -0.1) is 0 Å². The molecule has 4 saturated heterocycles. The molecule has 18 nitrogen and oxygen atoms in total. The maximum absolute atomic E-state index is 14.4. The van der Waals surface area contributed by atoms with Gasteiger partial charge in [-0.3, -0.25) is 58.4 Å². The van der Waals surface area contributed by atoms with Gasteiger partial charge in [-0.2, -0.15) is 30.7 Å². The zero-order chi connectivity index (χ0) is 57.4. The average Bonchev–Trinajstić information content (AvgIpc) is 2.26. The number of carbonyl (C=O) groups is 6. The van der Waals surface area contributed by atoms with E-state index >= 15 is 0 Å². The van der Waals surface area contributed by atoms with Crippen LogP contribution in [0.4, 0.5) is 0 Å². The summed E-state index contributed by atoms with van der Waals surface area (Å²) in [6.45, 7) is 9.33. The molecule has 15 aliphatic rings. The second-order valence-corrected chi connectivity index (χ2v) is 30.6. The third-order valence-electron chi connectivity index (χ3n) is 26.1. The zero-order valence-corrected chi connectivity index (χ0v) is 50.6. The Hall–Kier alpha value is -4.64. The molecule has 0 N–H and O–H groups in total. The smallest absolute Gasteiger partial charge is 0.233 e. The molecule has 9 saturated carbocycles. The van der Waals surface area contributed by atoms with E-state index < -0.39 is 5.92 Å². The average molecular weight is 1150 g/mol. The van der Waals surface area contributed by atoms with Gasteiger partial charge in [0.1, 0.15) is 11.7 Å². The summed E-state index contributed by atoms with van der Waals surface area (Å²) in [6.07, 6.45) is 24.5. The van der Waals surface area contributed by atoms with Gasteiger partial charge in [-0.25, -0.2) is 0 Å². The molecule has 454 valence electrons. The molecular formula is C66H94N12O6. The number of hydrogen-bond acceptors (Lipinski definition) is 14. The lowest BCUT2D eigenvalue weighted by molar-refractivity contribution is -0.148. The van der Waals surface area contributed by atoms with E-state index in [0.717, 1.165) is 133 Å². The van der Waals surface area contributed by atoms with Gasteiger partial charge in [0.15, 0.2) is 0 Å². The van der Waals surface area contributed by atoms with Crippen LogP contribution in [0.25, 0.3) is 0 Å². The second-order valence-electron chi connectivity index (χ2n) is 30.6. The number of nitrogens with zero attached hydrogens (tertiary/aromatic N) is 12. The number of carbonyl (C=O) groups excluding carboxylic acids is 6. The lowest BCUT2D eigenvalue weighted by Gasteiger charge is -2.42. The number of rotatable bonds is 9. The van der Waals surface area contributed by atoms with Crippen LogP contribution in [0.2, 0.25) is 0 Å². The van der Waals surface area contributed by atoms with Gasteiger partial charge in [0.25, 0.3) is 0 Å². The Kier molecular flexibility index (Phi) is 14.8. The number of aliphatic imine (C=N–C) groups is 2. The first kappa shape index (κ1) is 55.9. The fourth-order valence-electron chi connectivity index (χ4n) is 20.7. The lowest BCUT2D eigenvalue weighted by atomic mass is 9.69. The normalized spacial score (nSPS) is 48.4. The summed E-state index contributed by atoms with van der Waals surface area (Å²) >= 11 is 0. The fourth-order valence-corrected chi connectivity index (χ4v) is 20.7. The van der Waals surface area contributed by atoms with Crippen LogP contribution in [0, 0.1) is 82.9 Å².